The molecule has 1 unspecified atom stereocenters. The van der Waals surface area contributed by atoms with Gasteiger partial charge in [-0.25, -0.2) is 18.4 Å². The van der Waals surface area contributed by atoms with Gasteiger partial charge in [0.1, 0.15) is 11.5 Å². The van der Waals surface area contributed by atoms with E-state index in [9.17, 15) is 23.5 Å². The topological polar surface area (TPSA) is 134 Å². The molecule has 0 aliphatic heterocycles. The maximum absolute atomic E-state index is 14.5. The Morgan fingerprint density at radius 2 is 1.85 bits per heavy atom. The SMILES string of the molecule is C=NC(O)CNC(=O)c1cc(NC(=O)c2cc(-c3nc(NC)c(F)cc3F)ccc2Cl)n(-c2ccccc2)n1. The van der Waals surface area contributed by atoms with Crippen molar-refractivity contribution in [3.63, 3.8) is 0 Å². The zero-order valence-corrected chi connectivity index (χ0v) is 21.2. The minimum absolute atomic E-state index is 0.0299. The summed E-state index contributed by atoms with van der Waals surface area (Å²) in [6.45, 7) is 3.02. The molecule has 10 nitrogen and oxygen atoms in total. The quantitative estimate of drug-likeness (QED) is 0.232. The predicted molar refractivity (Wildman–Crippen MR) is 144 cm³/mol. The van der Waals surface area contributed by atoms with E-state index in [0.29, 0.717) is 11.8 Å². The first-order valence-corrected chi connectivity index (χ1v) is 11.8. The van der Waals surface area contributed by atoms with Crippen LogP contribution in [-0.2, 0) is 0 Å². The van der Waals surface area contributed by atoms with E-state index in [1.54, 1.807) is 30.3 Å². The van der Waals surface area contributed by atoms with Crippen LogP contribution in [0.25, 0.3) is 16.9 Å². The highest BCUT2D eigenvalue weighted by atomic mass is 35.5. The van der Waals surface area contributed by atoms with E-state index in [0.717, 1.165) is 0 Å². The van der Waals surface area contributed by atoms with Crippen LogP contribution in [0.4, 0.5) is 20.4 Å². The fraction of sp³-hybridized carbons (Fsp3) is 0.115. The highest BCUT2D eigenvalue weighted by Gasteiger charge is 2.21. The lowest BCUT2D eigenvalue weighted by Gasteiger charge is -2.12. The van der Waals surface area contributed by atoms with Crippen LogP contribution in [0.5, 0.6) is 0 Å². The molecule has 200 valence electrons. The van der Waals surface area contributed by atoms with Gasteiger partial charge >= 0.3 is 0 Å². The zero-order chi connectivity index (χ0) is 28.1. The third-order valence-electron chi connectivity index (χ3n) is 5.49. The highest BCUT2D eigenvalue weighted by Crippen LogP contribution is 2.29. The summed E-state index contributed by atoms with van der Waals surface area (Å²) in [5, 5.41) is 21.6. The van der Waals surface area contributed by atoms with Gasteiger partial charge in [0.15, 0.2) is 29.4 Å². The molecule has 2 amide bonds. The van der Waals surface area contributed by atoms with E-state index in [4.69, 9.17) is 11.6 Å². The van der Waals surface area contributed by atoms with Crippen molar-refractivity contribution in [1.82, 2.24) is 20.1 Å². The molecule has 0 saturated carbocycles. The molecule has 2 aromatic heterocycles. The number of pyridine rings is 1. The van der Waals surface area contributed by atoms with Gasteiger partial charge in [-0.3, -0.25) is 14.6 Å². The maximum atomic E-state index is 14.5. The Hall–Kier alpha value is -4.68. The van der Waals surface area contributed by atoms with Crippen LogP contribution in [0.1, 0.15) is 20.8 Å². The predicted octanol–water partition coefficient (Wildman–Crippen LogP) is 3.91. The summed E-state index contributed by atoms with van der Waals surface area (Å²) in [5.41, 5.74) is 0.456. The van der Waals surface area contributed by atoms with Crippen molar-refractivity contribution in [3.8, 4) is 16.9 Å². The third kappa shape index (κ3) is 6.08. The lowest BCUT2D eigenvalue weighted by atomic mass is 10.1. The smallest absolute Gasteiger partial charge is 0.272 e. The number of carbonyl (C=O) groups is 2. The Labute approximate surface area is 226 Å². The number of amides is 2. The first-order valence-electron chi connectivity index (χ1n) is 11.4. The lowest BCUT2D eigenvalue weighted by molar-refractivity contribution is 0.0915. The Kier molecular flexibility index (Phi) is 8.27. The monoisotopic (exact) mass is 553 g/mol. The number of anilines is 2. The van der Waals surface area contributed by atoms with Gasteiger partial charge in [-0.05, 0) is 31.0 Å². The molecule has 1 atom stereocenters. The number of nitrogens with one attached hydrogen (secondary N) is 3. The molecule has 0 bridgehead atoms. The zero-order valence-electron chi connectivity index (χ0n) is 20.5. The summed E-state index contributed by atoms with van der Waals surface area (Å²) in [5.74, 6) is -3.13. The van der Waals surface area contributed by atoms with Crippen LogP contribution in [0.3, 0.4) is 0 Å². The summed E-state index contributed by atoms with van der Waals surface area (Å²) in [6.07, 6.45) is -1.19. The Morgan fingerprint density at radius 1 is 1.10 bits per heavy atom. The van der Waals surface area contributed by atoms with Crippen LogP contribution in [0, 0.1) is 11.6 Å². The van der Waals surface area contributed by atoms with Crippen molar-refractivity contribution in [3.05, 3.63) is 88.6 Å². The number of aliphatic imine (C=N–C) groups is 1. The number of aliphatic hydroxyl groups is 1. The largest absolute Gasteiger partial charge is 0.371 e. The molecule has 2 heterocycles. The molecular formula is C26H22ClF2N7O3. The summed E-state index contributed by atoms with van der Waals surface area (Å²) < 4.78 is 29.8. The molecule has 13 heteroatoms. The standard InChI is InChI=1S/C26H22ClF2N7O3/c1-30-22(37)13-32-26(39)20-12-21(36(35-20)15-6-4-3-5-7-15)33-25(38)16-10-14(8-9-17(16)27)23-18(28)11-19(29)24(31-2)34-23/h3-12,22,37H,1,13H2,2H3,(H,31,34)(H,32,39)(H,33,38). The van der Waals surface area contributed by atoms with E-state index in [2.05, 4.69) is 37.7 Å². The van der Waals surface area contributed by atoms with Crippen molar-refractivity contribution in [1.29, 1.82) is 0 Å². The van der Waals surface area contributed by atoms with Gasteiger partial charge in [-0.1, -0.05) is 35.9 Å². The first-order chi connectivity index (χ1) is 18.7. The normalized spacial score (nSPS) is 11.5. The van der Waals surface area contributed by atoms with Crippen LogP contribution in [-0.4, -0.2) is 58.2 Å². The van der Waals surface area contributed by atoms with Crippen molar-refractivity contribution < 1.29 is 23.5 Å². The maximum Gasteiger partial charge on any atom is 0.272 e. The molecule has 0 saturated heterocycles. The molecule has 0 aliphatic rings. The second-order valence-corrected chi connectivity index (χ2v) is 8.49. The molecule has 4 aromatic rings. The molecular weight excluding hydrogens is 532 g/mol. The van der Waals surface area contributed by atoms with E-state index < -0.39 is 29.7 Å². The highest BCUT2D eigenvalue weighted by molar-refractivity contribution is 6.34. The van der Waals surface area contributed by atoms with Crippen molar-refractivity contribution >= 4 is 41.8 Å². The average molecular weight is 554 g/mol. The molecule has 0 fully saturated rings. The molecule has 4 rings (SSSR count). The van der Waals surface area contributed by atoms with Gasteiger partial charge in [0.2, 0.25) is 0 Å². The second kappa shape index (κ2) is 11.8. The van der Waals surface area contributed by atoms with Crippen LogP contribution in [0.2, 0.25) is 5.02 Å². The molecule has 0 radical (unpaired) electrons. The van der Waals surface area contributed by atoms with Gasteiger partial charge in [-0.15, -0.1) is 0 Å². The molecule has 2 aromatic carbocycles. The number of aromatic nitrogens is 3. The van der Waals surface area contributed by atoms with Gasteiger partial charge in [0.05, 0.1) is 22.8 Å². The summed E-state index contributed by atoms with van der Waals surface area (Å²) in [6, 6.07) is 14.9. The fourth-order valence-electron chi connectivity index (χ4n) is 3.56. The fourth-order valence-corrected chi connectivity index (χ4v) is 3.76. The van der Waals surface area contributed by atoms with Crippen molar-refractivity contribution in [2.75, 3.05) is 24.2 Å². The lowest BCUT2D eigenvalue weighted by Crippen LogP contribution is -2.31. The number of carbonyl (C=O) groups excluding carboxylic acids is 2. The Balaban J connectivity index is 1.68. The minimum Gasteiger partial charge on any atom is -0.371 e. The number of nitrogens with zero attached hydrogens (tertiary/aromatic N) is 4. The summed E-state index contributed by atoms with van der Waals surface area (Å²) in [7, 11) is 1.44. The summed E-state index contributed by atoms with van der Waals surface area (Å²) >= 11 is 6.29. The third-order valence-corrected chi connectivity index (χ3v) is 5.82. The molecule has 0 aliphatic carbocycles. The number of para-hydroxylation sites is 1. The van der Waals surface area contributed by atoms with E-state index in [1.165, 1.54) is 36.0 Å². The number of halogens is 3. The molecule has 0 spiro atoms. The number of benzene rings is 2. The first kappa shape index (κ1) is 27.4. The number of hydrogen-bond donors (Lipinski definition) is 4. The van der Waals surface area contributed by atoms with Gasteiger partial charge < -0.3 is 21.1 Å². The number of rotatable bonds is 9. The number of hydrogen-bond acceptors (Lipinski definition) is 7. The average Bonchev–Trinajstić information content (AvgIpc) is 3.36. The van der Waals surface area contributed by atoms with Crippen LogP contribution >= 0.6 is 11.6 Å². The molecule has 39 heavy (non-hydrogen) atoms. The number of aliphatic hydroxyl groups excluding tert-OH is 1. The van der Waals surface area contributed by atoms with Crippen molar-refractivity contribution in [2.45, 2.75) is 6.23 Å². The van der Waals surface area contributed by atoms with Gasteiger partial charge in [0, 0.05) is 24.7 Å². The van der Waals surface area contributed by atoms with Crippen LogP contribution < -0.4 is 16.0 Å². The van der Waals surface area contributed by atoms with Gasteiger partial charge in [0.25, 0.3) is 11.8 Å². The Bertz CT molecular complexity index is 1550. The van der Waals surface area contributed by atoms with E-state index in [-0.39, 0.29) is 45.7 Å². The van der Waals surface area contributed by atoms with Crippen LogP contribution in [0.15, 0.2) is 65.7 Å². The Morgan fingerprint density at radius 3 is 2.54 bits per heavy atom. The second-order valence-electron chi connectivity index (χ2n) is 8.08. The minimum atomic E-state index is -1.19. The van der Waals surface area contributed by atoms with E-state index in [1.807, 2.05) is 0 Å². The van der Waals surface area contributed by atoms with Gasteiger partial charge in [-0.2, -0.15) is 5.10 Å². The van der Waals surface area contributed by atoms with Crippen molar-refractivity contribution in [2.24, 2.45) is 4.99 Å². The summed E-state index contributed by atoms with van der Waals surface area (Å²) in [4.78, 5) is 33.3. The molecule has 4 N–H and O–H groups in total. The van der Waals surface area contributed by atoms with E-state index >= 15 is 0 Å².